The second-order valence-corrected chi connectivity index (χ2v) is 9.94. The van der Waals surface area contributed by atoms with E-state index in [0.29, 0.717) is 29.4 Å². The van der Waals surface area contributed by atoms with E-state index in [1.165, 1.54) is 59.0 Å². The number of halogens is 2. The summed E-state index contributed by atoms with van der Waals surface area (Å²) in [4.78, 5) is 22.4. The van der Waals surface area contributed by atoms with Gasteiger partial charge in [0, 0.05) is 6.54 Å². The highest BCUT2D eigenvalue weighted by molar-refractivity contribution is 6.09. The van der Waals surface area contributed by atoms with Gasteiger partial charge in [-0.15, -0.1) is 0 Å². The number of piperidine rings is 1. The zero-order chi connectivity index (χ0) is 26.0. The Morgan fingerprint density at radius 2 is 1.43 bits per heavy atom. The normalized spacial score (nSPS) is 19.2. The van der Waals surface area contributed by atoms with Crippen LogP contribution in [0.3, 0.4) is 0 Å². The van der Waals surface area contributed by atoms with Gasteiger partial charge in [-0.1, -0.05) is 54.6 Å². The van der Waals surface area contributed by atoms with Gasteiger partial charge in [0.15, 0.2) is 5.54 Å². The number of aliphatic hydroxyl groups is 1. The first-order chi connectivity index (χ1) is 17.9. The molecular formula is C30H31F2N3O2. The van der Waals surface area contributed by atoms with E-state index in [2.05, 4.69) is 29.2 Å². The van der Waals surface area contributed by atoms with Gasteiger partial charge in [-0.25, -0.2) is 13.8 Å². The van der Waals surface area contributed by atoms with Crippen LogP contribution in [0.1, 0.15) is 42.4 Å². The Kier molecular flexibility index (Phi) is 7.17. The van der Waals surface area contributed by atoms with Crippen LogP contribution in [0.4, 0.5) is 8.78 Å². The largest absolute Gasteiger partial charge is 0.390 e. The van der Waals surface area contributed by atoms with Gasteiger partial charge in [0.05, 0.1) is 12.6 Å². The zero-order valence-corrected chi connectivity index (χ0v) is 20.9. The number of β-amino-alcohol motifs (C(OH)–C–C–N with tert-alkyl or cyclic N) is 1. The molecule has 2 heterocycles. The highest BCUT2D eigenvalue weighted by atomic mass is 19.1. The van der Waals surface area contributed by atoms with Crippen LogP contribution in [0.15, 0.2) is 83.9 Å². The standard InChI is InChI=1S/C30H31F2N3O2/c1-21-33-30(24-7-11-26(31)12-8-24,25-9-13-27(32)14-10-25)29(37)35(21)20-28(36)19-34-17-15-23(16-18-34)22-5-3-2-4-6-22/h2-14,23,28,36H,15-20H2,1H3. The Labute approximate surface area is 216 Å². The lowest BCUT2D eigenvalue weighted by molar-refractivity contribution is -0.131. The first kappa shape index (κ1) is 25.2. The number of nitrogens with zero attached hydrogens (tertiary/aromatic N) is 3. The molecule has 0 aliphatic carbocycles. The highest BCUT2D eigenvalue weighted by Gasteiger charge is 2.50. The van der Waals surface area contributed by atoms with E-state index in [4.69, 9.17) is 4.99 Å². The summed E-state index contributed by atoms with van der Waals surface area (Å²) in [7, 11) is 0. The lowest BCUT2D eigenvalue weighted by Crippen LogP contribution is -2.47. The Hall–Kier alpha value is -3.42. The van der Waals surface area contributed by atoms with Gasteiger partial charge in [0.1, 0.15) is 17.5 Å². The molecule has 1 saturated heterocycles. The van der Waals surface area contributed by atoms with Crippen molar-refractivity contribution in [2.45, 2.75) is 37.3 Å². The van der Waals surface area contributed by atoms with Crippen molar-refractivity contribution >= 4 is 11.7 Å². The van der Waals surface area contributed by atoms with E-state index in [-0.39, 0.29) is 12.5 Å². The van der Waals surface area contributed by atoms with Gasteiger partial charge < -0.3 is 10.0 Å². The fourth-order valence-corrected chi connectivity index (χ4v) is 5.57. The molecular weight excluding hydrogens is 472 g/mol. The molecule has 1 fully saturated rings. The molecule has 2 aliphatic heterocycles. The van der Waals surface area contributed by atoms with Crippen LogP contribution >= 0.6 is 0 Å². The number of carbonyl (C=O) groups excluding carboxylic acids is 1. The molecule has 1 atom stereocenters. The molecule has 1 unspecified atom stereocenters. The SMILES string of the molecule is CC1=NC(c2ccc(F)cc2)(c2ccc(F)cc2)C(=O)N1CC(O)CN1CCC(c2ccccc2)CC1. The molecule has 0 saturated carbocycles. The van der Waals surface area contributed by atoms with E-state index >= 15 is 0 Å². The summed E-state index contributed by atoms with van der Waals surface area (Å²) in [6.45, 7) is 4.04. The third-order valence-electron chi connectivity index (χ3n) is 7.52. The Morgan fingerprint density at radius 1 is 0.892 bits per heavy atom. The van der Waals surface area contributed by atoms with Crippen molar-refractivity contribution in [2.75, 3.05) is 26.2 Å². The molecule has 3 aromatic rings. The predicted octanol–water partition coefficient (Wildman–Crippen LogP) is 4.71. The Bertz CT molecular complexity index is 1210. The molecule has 0 aromatic heterocycles. The van der Waals surface area contributed by atoms with Crippen LogP contribution < -0.4 is 0 Å². The number of amides is 1. The summed E-state index contributed by atoms with van der Waals surface area (Å²) in [5, 5.41) is 11.0. The molecule has 0 bridgehead atoms. The predicted molar refractivity (Wildman–Crippen MR) is 139 cm³/mol. The van der Waals surface area contributed by atoms with E-state index in [1.807, 2.05) is 6.07 Å². The summed E-state index contributed by atoms with van der Waals surface area (Å²) in [6, 6.07) is 21.8. The first-order valence-corrected chi connectivity index (χ1v) is 12.7. The average Bonchev–Trinajstić information content (AvgIpc) is 3.16. The molecule has 1 amide bonds. The van der Waals surface area contributed by atoms with Crippen LogP contribution in [0.2, 0.25) is 0 Å². The van der Waals surface area contributed by atoms with Gasteiger partial charge in [0.2, 0.25) is 0 Å². The smallest absolute Gasteiger partial charge is 0.265 e. The molecule has 7 heteroatoms. The van der Waals surface area contributed by atoms with Crippen LogP contribution in [-0.2, 0) is 10.3 Å². The maximum atomic E-state index is 13.9. The minimum absolute atomic E-state index is 0.0942. The van der Waals surface area contributed by atoms with Crippen molar-refractivity contribution in [3.05, 3.63) is 107 Å². The maximum Gasteiger partial charge on any atom is 0.265 e. The van der Waals surface area contributed by atoms with E-state index in [0.717, 1.165) is 25.9 Å². The second kappa shape index (κ2) is 10.5. The van der Waals surface area contributed by atoms with Crippen LogP contribution in [0.25, 0.3) is 0 Å². The van der Waals surface area contributed by atoms with E-state index in [9.17, 15) is 18.7 Å². The minimum atomic E-state index is -1.46. The van der Waals surface area contributed by atoms with Crippen molar-refractivity contribution in [2.24, 2.45) is 4.99 Å². The van der Waals surface area contributed by atoms with Gasteiger partial charge in [-0.3, -0.25) is 9.69 Å². The summed E-state index contributed by atoms with van der Waals surface area (Å²) >= 11 is 0. The molecule has 3 aromatic carbocycles. The maximum absolute atomic E-state index is 13.9. The second-order valence-electron chi connectivity index (χ2n) is 9.94. The molecule has 5 nitrogen and oxygen atoms in total. The molecule has 37 heavy (non-hydrogen) atoms. The van der Waals surface area contributed by atoms with Crippen LogP contribution in [0, 0.1) is 11.6 Å². The van der Waals surface area contributed by atoms with Crippen molar-refractivity contribution in [3.63, 3.8) is 0 Å². The summed E-state index contributed by atoms with van der Waals surface area (Å²) < 4.78 is 27.4. The fourth-order valence-electron chi connectivity index (χ4n) is 5.57. The Morgan fingerprint density at radius 3 is 1.97 bits per heavy atom. The zero-order valence-electron chi connectivity index (χ0n) is 20.9. The van der Waals surface area contributed by atoms with Gasteiger partial charge in [0.25, 0.3) is 5.91 Å². The monoisotopic (exact) mass is 503 g/mol. The number of likely N-dealkylation sites (tertiary alicyclic amines) is 1. The molecule has 1 N–H and O–H groups in total. The van der Waals surface area contributed by atoms with Crippen molar-refractivity contribution in [1.82, 2.24) is 9.80 Å². The summed E-state index contributed by atoms with van der Waals surface area (Å²) in [6.07, 6.45) is 1.29. The highest BCUT2D eigenvalue weighted by Crippen LogP contribution is 2.40. The fraction of sp³-hybridized carbons (Fsp3) is 0.333. The number of aliphatic imine (C=N–C) groups is 1. The number of benzene rings is 3. The number of carbonyl (C=O) groups is 1. The molecule has 5 rings (SSSR count). The van der Waals surface area contributed by atoms with Crippen molar-refractivity contribution < 1.29 is 18.7 Å². The Balaban J connectivity index is 1.30. The third kappa shape index (κ3) is 5.06. The van der Waals surface area contributed by atoms with Crippen LogP contribution in [0.5, 0.6) is 0 Å². The third-order valence-corrected chi connectivity index (χ3v) is 7.52. The van der Waals surface area contributed by atoms with Gasteiger partial charge >= 0.3 is 0 Å². The quantitative estimate of drug-likeness (QED) is 0.508. The molecule has 2 aliphatic rings. The van der Waals surface area contributed by atoms with E-state index < -0.39 is 23.3 Å². The number of rotatable bonds is 7. The number of amidine groups is 1. The summed E-state index contributed by atoms with van der Waals surface area (Å²) in [5.74, 6) is -0.207. The van der Waals surface area contributed by atoms with Crippen molar-refractivity contribution in [1.29, 1.82) is 0 Å². The molecule has 0 spiro atoms. The molecule has 192 valence electrons. The first-order valence-electron chi connectivity index (χ1n) is 12.7. The van der Waals surface area contributed by atoms with Gasteiger partial charge in [-0.2, -0.15) is 0 Å². The number of hydrogen-bond acceptors (Lipinski definition) is 4. The van der Waals surface area contributed by atoms with E-state index in [1.54, 1.807) is 6.92 Å². The number of aliphatic hydroxyl groups excluding tert-OH is 1. The lowest BCUT2D eigenvalue weighted by Gasteiger charge is -2.34. The summed E-state index contributed by atoms with van der Waals surface area (Å²) in [5.41, 5.74) is 0.879. The average molecular weight is 504 g/mol. The van der Waals surface area contributed by atoms with Crippen molar-refractivity contribution in [3.8, 4) is 0 Å². The van der Waals surface area contributed by atoms with Gasteiger partial charge in [-0.05, 0) is 79.7 Å². The topological polar surface area (TPSA) is 56.1 Å². The minimum Gasteiger partial charge on any atom is -0.390 e. The van der Waals surface area contributed by atoms with Crippen LogP contribution in [-0.4, -0.2) is 58.9 Å². The number of hydrogen-bond donors (Lipinski definition) is 1. The lowest BCUT2D eigenvalue weighted by atomic mass is 9.82. The molecule has 0 radical (unpaired) electrons.